The molecule has 0 aliphatic heterocycles. The standard InChI is InChI=1S/C15H20F2N2O/c1-3-5-18-14-11(16)6-10(7-12(14)17)15(20)19-13-8-9(13)4-2/h6-7,9,13,18H,3-5,8H2,1-2H3,(H,19,20). The second-order valence-electron chi connectivity index (χ2n) is 5.23. The van der Waals surface area contributed by atoms with Crippen LogP contribution in [-0.4, -0.2) is 18.5 Å². The Hall–Kier alpha value is -1.65. The molecule has 0 radical (unpaired) electrons. The third kappa shape index (κ3) is 3.26. The van der Waals surface area contributed by atoms with Crippen LogP contribution >= 0.6 is 0 Å². The second kappa shape index (κ2) is 6.20. The fourth-order valence-corrected chi connectivity index (χ4v) is 2.25. The van der Waals surface area contributed by atoms with Crippen molar-refractivity contribution in [3.05, 3.63) is 29.3 Å². The maximum atomic E-state index is 13.8. The zero-order valence-corrected chi connectivity index (χ0v) is 11.8. The van der Waals surface area contributed by atoms with Gasteiger partial charge in [-0.15, -0.1) is 0 Å². The fourth-order valence-electron chi connectivity index (χ4n) is 2.25. The van der Waals surface area contributed by atoms with Crippen molar-refractivity contribution in [1.29, 1.82) is 0 Å². The molecule has 110 valence electrons. The van der Waals surface area contributed by atoms with Gasteiger partial charge in [0.05, 0.1) is 0 Å². The van der Waals surface area contributed by atoms with E-state index in [2.05, 4.69) is 17.6 Å². The number of halogens is 2. The summed E-state index contributed by atoms with van der Waals surface area (Å²) in [5, 5.41) is 5.48. The Morgan fingerprint density at radius 1 is 1.30 bits per heavy atom. The molecular formula is C15H20F2N2O. The van der Waals surface area contributed by atoms with Gasteiger partial charge in [-0.3, -0.25) is 4.79 Å². The Balaban J connectivity index is 2.07. The van der Waals surface area contributed by atoms with Crippen LogP contribution in [0.15, 0.2) is 12.1 Å². The van der Waals surface area contributed by atoms with Crippen LogP contribution in [0.25, 0.3) is 0 Å². The first kappa shape index (κ1) is 14.8. The molecule has 0 saturated heterocycles. The maximum absolute atomic E-state index is 13.8. The Morgan fingerprint density at radius 3 is 2.45 bits per heavy atom. The quantitative estimate of drug-likeness (QED) is 0.840. The first-order chi connectivity index (χ1) is 9.56. The lowest BCUT2D eigenvalue weighted by atomic mass is 10.1. The summed E-state index contributed by atoms with van der Waals surface area (Å²) < 4.78 is 27.6. The highest BCUT2D eigenvalue weighted by molar-refractivity contribution is 5.95. The molecule has 0 heterocycles. The van der Waals surface area contributed by atoms with Gasteiger partial charge in [-0.2, -0.15) is 0 Å². The van der Waals surface area contributed by atoms with Crippen molar-refractivity contribution in [2.45, 2.75) is 39.2 Å². The summed E-state index contributed by atoms with van der Waals surface area (Å²) in [5.41, 5.74) is -0.134. The molecule has 20 heavy (non-hydrogen) atoms. The lowest BCUT2D eigenvalue weighted by Gasteiger charge is -2.10. The fraction of sp³-hybridized carbons (Fsp3) is 0.533. The minimum Gasteiger partial charge on any atom is -0.380 e. The van der Waals surface area contributed by atoms with E-state index >= 15 is 0 Å². The van der Waals surface area contributed by atoms with E-state index in [4.69, 9.17) is 0 Å². The smallest absolute Gasteiger partial charge is 0.251 e. The predicted octanol–water partition coefficient (Wildman–Crippen LogP) is 3.32. The van der Waals surface area contributed by atoms with Crippen LogP contribution in [0.1, 0.15) is 43.5 Å². The van der Waals surface area contributed by atoms with Crippen molar-refractivity contribution < 1.29 is 13.6 Å². The van der Waals surface area contributed by atoms with Crippen LogP contribution in [0.2, 0.25) is 0 Å². The van der Waals surface area contributed by atoms with Gasteiger partial charge in [0.1, 0.15) is 17.3 Å². The van der Waals surface area contributed by atoms with Crippen molar-refractivity contribution >= 4 is 11.6 Å². The maximum Gasteiger partial charge on any atom is 0.251 e. The zero-order valence-electron chi connectivity index (χ0n) is 11.8. The first-order valence-electron chi connectivity index (χ1n) is 7.10. The monoisotopic (exact) mass is 282 g/mol. The number of nitrogens with one attached hydrogen (secondary N) is 2. The summed E-state index contributed by atoms with van der Waals surface area (Å²) in [6.45, 7) is 4.45. The van der Waals surface area contributed by atoms with Gasteiger partial charge < -0.3 is 10.6 Å². The van der Waals surface area contributed by atoms with Crippen LogP contribution in [0, 0.1) is 17.6 Å². The molecule has 3 nitrogen and oxygen atoms in total. The Bertz CT molecular complexity index is 482. The molecule has 1 aromatic carbocycles. The number of anilines is 1. The molecule has 0 aromatic heterocycles. The molecule has 1 fully saturated rings. The van der Waals surface area contributed by atoms with Crippen LogP contribution < -0.4 is 10.6 Å². The van der Waals surface area contributed by atoms with E-state index in [9.17, 15) is 13.6 Å². The Labute approximate surface area is 117 Å². The highest BCUT2D eigenvalue weighted by atomic mass is 19.1. The van der Waals surface area contributed by atoms with E-state index in [0.717, 1.165) is 31.4 Å². The lowest BCUT2D eigenvalue weighted by molar-refractivity contribution is 0.0948. The van der Waals surface area contributed by atoms with E-state index in [1.165, 1.54) is 0 Å². The van der Waals surface area contributed by atoms with Crippen molar-refractivity contribution in [2.75, 3.05) is 11.9 Å². The number of amides is 1. The SMILES string of the molecule is CCCNc1c(F)cc(C(=O)NC2CC2CC)cc1F. The van der Waals surface area contributed by atoms with Crippen molar-refractivity contribution in [3.8, 4) is 0 Å². The van der Waals surface area contributed by atoms with Crippen LogP contribution in [0.4, 0.5) is 14.5 Å². The van der Waals surface area contributed by atoms with Gasteiger partial charge in [0.15, 0.2) is 0 Å². The number of carbonyl (C=O) groups excluding carboxylic acids is 1. The second-order valence-corrected chi connectivity index (χ2v) is 5.23. The average molecular weight is 282 g/mol. The molecule has 5 heteroatoms. The molecular weight excluding hydrogens is 262 g/mol. The minimum absolute atomic E-state index is 0.0313. The number of rotatable bonds is 6. The van der Waals surface area contributed by atoms with Gasteiger partial charge in [-0.05, 0) is 30.9 Å². The van der Waals surface area contributed by atoms with Gasteiger partial charge in [-0.1, -0.05) is 20.3 Å². The van der Waals surface area contributed by atoms with Crippen LogP contribution in [-0.2, 0) is 0 Å². The first-order valence-corrected chi connectivity index (χ1v) is 7.10. The van der Waals surface area contributed by atoms with Crippen molar-refractivity contribution in [1.82, 2.24) is 5.32 Å². The summed E-state index contributed by atoms with van der Waals surface area (Å²) in [4.78, 5) is 11.9. The molecule has 1 aliphatic rings. The van der Waals surface area contributed by atoms with Crippen LogP contribution in [0.5, 0.6) is 0 Å². The van der Waals surface area contributed by atoms with E-state index in [0.29, 0.717) is 12.5 Å². The van der Waals surface area contributed by atoms with Crippen molar-refractivity contribution in [2.24, 2.45) is 5.92 Å². The Morgan fingerprint density at radius 2 is 1.95 bits per heavy atom. The van der Waals surface area contributed by atoms with Crippen molar-refractivity contribution in [3.63, 3.8) is 0 Å². The zero-order chi connectivity index (χ0) is 14.7. The predicted molar refractivity (Wildman–Crippen MR) is 74.8 cm³/mol. The highest BCUT2D eigenvalue weighted by Gasteiger charge is 2.36. The Kier molecular flexibility index (Phi) is 4.57. The third-order valence-corrected chi connectivity index (χ3v) is 3.62. The molecule has 1 saturated carbocycles. The molecule has 1 aromatic rings. The number of hydrogen-bond donors (Lipinski definition) is 2. The lowest BCUT2D eigenvalue weighted by Crippen LogP contribution is -2.27. The summed E-state index contributed by atoms with van der Waals surface area (Å²) in [6, 6.07) is 2.32. The number of benzene rings is 1. The summed E-state index contributed by atoms with van der Waals surface area (Å²) >= 11 is 0. The molecule has 2 N–H and O–H groups in total. The van der Waals surface area contributed by atoms with Gasteiger partial charge >= 0.3 is 0 Å². The molecule has 0 spiro atoms. The van der Waals surface area contributed by atoms with E-state index in [-0.39, 0.29) is 17.3 Å². The van der Waals surface area contributed by atoms with Gasteiger partial charge in [0.25, 0.3) is 5.91 Å². The third-order valence-electron chi connectivity index (χ3n) is 3.62. The normalized spacial score (nSPS) is 20.6. The molecule has 1 aliphatic carbocycles. The molecule has 1 amide bonds. The molecule has 0 bridgehead atoms. The highest BCUT2D eigenvalue weighted by Crippen LogP contribution is 2.33. The average Bonchev–Trinajstić information content (AvgIpc) is 3.16. The minimum atomic E-state index is -0.730. The summed E-state index contributed by atoms with van der Waals surface area (Å²) in [5.74, 6) is -1.37. The van der Waals surface area contributed by atoms with Gasteiger partial charge in [0.2, 0.25) is 0 Å². The van der Waals surface area contributed by atoms with E-state index < -0.39 is 17.5 Å². The van der Waals surface area contributed by atoms with Crippen LogP contribution in [0.3, 0.4) is 0 Å². The topological polar surface area (TPSA) is 41.1 Å². The van der Waals surface area contributed by atoms with E-state index in [1.807, 2.05) is 6.92 Å². The summed E-state index contributed by atoms with van der Waals surface area (Å²) in [6.07, 6.45) is 2.72. The largest absolute Gasteiger partial charge is 0.380 e. The molecule has 2 unspecified atom stereocenters. The molecule has 2 atom stereocenters. The van der Waals surface area contributed by atoms with Gasteiger partial charge in [-0.25, -0.2) is 8.78 Å². The number of hydrogen-bond acceptors (Lipinski definition) is 2. The number of carbonyl (C=O) groups is 1. The molecule has 2 rings (SSSR count). The van der Waals surface area contributed by atoms with E-state index in [1.54, 1.807) is 0 Å². The summed E-state index contributed by atoms with van der Waals surface area (Å²) in [7, 11) is 0. The van der Waals surface area contributed by atoms with Gasteiger partial charge in [0, 0.05) is 18.2 Å².